The number of nitrogens with zero attached hydrogens (tertiary/aromatic N) is 1. The number of nitrogens with two attached hydrogens (primary N) is 1. The second kappa shape index (κ2) is 5.38. The number of carbonyl (C=O) groups excluding carboxylic acids is 1. The molecule has 0 saturated carbocycles. The summed E-state index contributed by atoms with van der Waals surface area (Å²) in [5, 5.41) is 3.34. The van der Waals surface area contributed by atoms with Gasteiger partial charge in [-0.2, -0.15) is 0 Å². The molecule has 1 atom stereocenters. The van der Waals surface area contributed by atoms with Crippen molar-refractivity contribution in [2.24, 2.45) is 5.73 Å². The van der Waals surface area contributed by atoms with Gasteiger partial charge in [0.05, 0.1) is 10.7 Å². The molecule has 0 spiro atoms. The van der Waals surface area contributed by atoms with Gasteiger partial charge in [0.1, 0.15) is 0 Å². The van der Waals surface area contributed by atoms with E-state index in [-0.39, 0.29) is 12.1 Å². The third-order valence-electron chi connectivity index (χ3n) is 2.86. The van der Waals surface area contributed by atoms with E-state index in [0.717, 1.165) is 19.4 Å². The number of nitrogens with one attached hydrogen (secondary N) is 1. The molecule has 5 heteroatoms. The van der Waals surface area contributed by atoms with Crippen LogP contribution in [-0.4, -0.2) is 30.1 Å². The number of hydrogen-bond acceptors (Lipinski definition) is 2. The Morgan fingerprint density at radius 2 is 2.24 bits per heavy atom. The topological polar surface area (TPSA) is 58.4 Å². The van der Waals surface area contributed by atoms with Gasteiger partial charge in [-0.3, -0.25) is 0 Å². The third-order valence-corrected chi connectivity index (χ3v) is 3.19. The molecule has 1 aromatic carbocycles. The van der Waals surface area contributed by atoms with E-state index >= 15 is 0 Å². The van der Waals surface area contributed by atoms with E-state index in [1.165, 1.54) is 0 Å². The lowest BCUT2D eigenvalue weighted by Crippen LogP contribution is -2.47. The first-order chi connectivity index (χ1) is 8.16. The van der Waals surface area contributed by atoms with E-state index in [0.29, 0.717) is 17.3 Å². The van der Waals surface area contributed by atoms with E-state index in [9.17, 15) is 4.79 Å². The summed E-state index contributed by atoms with van der Waals surface area (Å²) in [6.07, 6.45) is 1.94. The lowest BCUT2D eigenvalue weighted by atomic mass is 10.1. The maximum absolute atomic E-state index is 12.0. The average Bonchev–Trinajstić information content (AvgIpc) is 2.32. The number of carbonyl (C=O) groups is 1. The largest absolute Gasteiger partial charge is 0.326 e. The predicted molar refractivity (Wildman–Crippen MR) is 69.3 cm³/mol. The monoisotopic (exact) mass is 253 g/mol. The standard InChI is InChI=1S/C12H16ClN3O/c13-10-5-1-2-6-11(10)15-12(17)16-7-3-4-9(14)8-16/h1-2,5-6,9H,3-4,7-8,14H2,(H,15,17)/t9-/m1/s1. The molecule has 3 N–H and O–H groups in total. The number of piperidine rings is 1. The number of halogens is 1. The summed E-state index contributed by atoms with van der Waals surface area (Å²) in [5.74, 6) is 0. The minimum Gasteiger partial charge on any atom is -0.326 e. The van der Waals surface area contributed by atoms with Crippen molar-refractivity contribution in [1.82, 2.24) is 4.90 Å². The van der Waals surface area contributed by atoms with E-state index in [2.05, 4.69) is 5.32 Å². The number of anilines is 1. The summed E-state index contributed by atoms with van der Waals surface area (Å²) in [6.45, 7) is 1.36. The van der Waals surface area contributed by atoms with E-state index in [4.69, 9.17) is 17.3 Å². The van der Waals surface area contributed by atoms with Gasteiger partial charge in [0.15, 0.2) is 0 Å². The lowest BCUT2D eigenvalue weighted by molar-refractivity contribution is 0.193. The van der Waals surface area contributed by atoms with Gasteiger partial charge in [-0.05, 0) is 25.0 Å². The maximum atomic E-state index is 12.0. The van der Waals surface area contributed by atoms with Crippen LogP contribution in [-0.2, 0) is 0 Å². The number of benzene rings is 1. The summed E-state index contributed by atoms with van der Waals surface area (Å²) >= 11 is 5.98. The second-order valence-corrected chi connectivity index (χ2v) is 4.67. The Morgan fingerprint density at radius 1 is 1.47 bits per heavy atom. The van der Waals surface area contributed by atoms with Crippen molar-refractivity contribution in [1.29, 1.82) is 0 Å². The summed E-state index contributed by atoms with van der Waals surface area (Å²) < 4.78 is 0. The van der Waals surface area contributed by atoms with Crippen LogP contribution in [0.25, 0.3) is 0 Å². The lowest BCUT2D eigenvalue weighted by Gasteiger charge is -2.30. The molecule has 92 valence electrons. The van der Waals surface area contributed by atoms with Crippen LogP contribution in [0.15, 0.2) is 24.3 Å². The highest BCUT2D eigenvalue weighted by Crippen LogP contribution is 2.21. The van der Waals surface area contributed by atoms with Crippen molar-refractivity contribution in [3.8, 4) is 0 Å². The molecule has 2 amide bonds. The van der Waals surface area contributed by atoms with Crippen molar-refractivity contribution in [3.63, 3.8) is 0 Å². The fourth-order valence-corrected chi connectivity index (χ4v) is 2.13. The normalized spacial score (nSPS) is 20.1. The van der Waals surface area contributed by atoms with Crippen molar-refractivity contribution in [2.45, 2.75) is 18.9 Å². The quantitative estimate of drug-likeness (QED) is 0.807. The molecule has 1 heterocycles. The zero-order valence-corrected chi connectivity index (χ0v) is 10.3. The molecule has 0 radical (unpaired) electrons. The van der Waals surface area contributed by atoms with Crippen molar-refractivity contribution in [3.05, 3.63) is 29.3 Å². The molecule has 2 rings (SSSR count). The molecule has 1 aliphatic rings. The Morgan fingerprint density at radius 3 is 2.94 bits per heavy atom. The minimum absolute atomic E-state index is 0.0840. The SMILES string of the molecule is N[C@@H]1CCCN(C(=O)Nc2ccccc2Cl)C1. The first-order valence-electron chi connectivity index (χ1n) is 5.73. The Hall–Kier alpha value is -1.26. The molecular weight excluding hydrogens is 238 g/mol. The number of rotatable bonds is 1. The molecule has 1 aromatic rings. The van der Waals surface area contributed by atoms with Gasteiger partial charge in [0.25, 0.3) is 0 Å². The van der Waals surface area contributed by atoms with Gasteiger partial charge >= 0.3 is 6.03 Å². The summed E-state index contributed by atoms with van der Waals surface area (Å²) in [4.78, 5) is 13.7. The Balaban J connectivity index is 1.99. The molecule has 0 aromatic heterocycles. The van der Waals surface area contributed by atoms with Gasteiger partial charge < -0.3 is 16.0 Å². The highest BCUT2D eigenvalue weighted by atomic mass is 35.5. The van der Waals surface area contributed by atoms with Gasteiger partial charge in [-0.1, -0.05) is 23.7 Å². The third kappa shape index (κ3) is 3.11. The van der Waals surface area contributed by atoms with Gasteiger partial charge in [0, 0.05) is 19.1 Å². The zero-order chi connectivity index (χ0) is 12.3. The van der Waals surface area contributed by atoms with Crippen LogP contribution >= 0.6 is 11.6 Å². The Labute approximate surface area is 106 Å². The molecule has 0 unspecified atom stereocenters. The van der Waals surface area contributed by atoms with Crippen LogP contribution in [0.4, 0.5) is 10.5 Å². The van der Waals surface area contributed by atoms with Crippen LogP contribution < -0.4 is 11.1 Å². The van der Waals surface area contributed by atoms with Crippen molar-refractivity contribution < 1.29 is 4.79 Å². The minimum atomic E-state index is -0.131. The smallest absolute Gasteiger partial charge is 0.321 e. The van der Waals surface area contributed by atoms with Crippen molar-refractivity contribution in [2.75, 3.05) is 18.4 Å². The van der Waals surface area contributed by atoms with E-state index in [1.807, 2.05) is 12.1 Å². The molecule has 1 fully saturated rings. The molecule has 17 heavy (non-hydrogen) atoms. The zero-order valence-electron chi connectivity index (χ0n) is 9.53. The Kier molecular flexibility index (Phi) is 3.86. The first kappa shape index (κ1) is 12.2. The summed E-state index contributed by atoms with van der Waals surface area (Å²) in [7, 11) is 0. The summed E-state index contributed by atoms with van der Waals surface area (Å²) in [5.41, 5.74) is 6.48. The maximum Gasteiger partial charge on any atom is 0.321 e. The highest BCUT2D eigenvalue weighted by molar-refractivity contribution is 6.33. The molecule has 1 saturated heterocycles. The average molecular weight is 254 g/mol. The second-order valence-electron chi connectivity index (χ2n) is 4.26. The first-order valence-corrected chi connectivity index (χ1v) is 6.10. The number of likely N-dealkylation sites (tertiary alicyclic amines) is 1. The van der Waals surface area contributed by atoms with Crippen LogP contribution in [0.5, 0.6) is 0 Å². The molecule has 1 aliphatic heterocycles. The van der Waals surface area contributed by atoms with Gasteiger partial charge in [-0.15, -0.1) is 0 Å². The predicted octanol–water partition coefficient (Wildman–Crippen LogP) is 2.29. The van der Waals surface area contributed by atoms with Crippen LogP contribution in [0.2, 0.25) is 5.02 Å². The van der Waals surface area contributed by atoms with Crippen LogP contribution in [0.3, 0.4) is 0 Å². The highest BCUT2D eigenvalue weighted by Gasteiger charge is 2.21. The van der Waals surface area contributed by atoms with Gasteiger partial charge in [-0.25, -0.2) is 4.79 Å². The molecule has 4 nitrogen and oxygen atoms in total. The summed E-state index contributed by atoms with van der Waals surface area (Å²) in [6, 6.07) is 7.15. The van der Waals surface area contributed by atoms with E-state index in [1.54, 1.807) is 17.0 Å². The molecule has 0 aliphatic carbocycles. The fraction of sp³-hybridized carbons (Fsp3) is 0.417. The number of urea groups is 1. The van der Waals surface area contributed by atoms with E-state index < -0.39 is 0 Å². The Bertz CT molecular complexity index is 410. The number of hydrogen-bond donors (Lipinski definition) is 2. The number of amides is 2. The van der Waals surface area contributed by atoms with Crippen LogP contribution in [0.1, 0.15) is 12.8 Å². The molecular formula is C12H16ClN3O. The van der Waals surface area contributed by atoms with Crippen LogP contribution in [0, 0.1) is 0 Å². The number of para-hydroxylation sites is 1. The van der Waals surface area contributed by atoms with Gasteiger partial charge in [0.2, 0.25) is 0 Å². The molecule has 0 bridgehead atoms. The fourth-order valence-electron chi connectivity index (χ4n) is 1.95. The van der Waals surface area contributed by atoms with Crippen molar-refractivity contribution >= 4 is 23.3 Å².